The molecule has 0 heterocycles. The maximum absolute atomic E-state index is 6.10. The summed E-state index contributed by atoms with van der Waals surface area (Å²) in [5.41, 5.74) is 1.20. The van der Waals surface area contributed by atoms with Gasteiger partial charge in [0.25, 0.3) is 0 Å². The van der Waals surface area contributed by atoms with Gasteiger partial charge in [0.05, 0.1) is 26.4 Å². The van der Waals surface area contributed by atoms with Crippen molar-refractivity contribution >= 4 is 23.2 Å². The lowest BCUT2D eigenvalue weighted by atomic mass is 10.0. The van der Waals surface area contributed by atoms with Crippen molar-refractivity contribution in [2.75, 3.05) is 51.4 Å². The Morgan fingerprint density at radius 3 is 1.63 bits per heavy atom. The largest absolute Gasteiger partial charge is 0.487 e. The summed E-state index contributed by atoms with van der Waals surface area (Å²) in [4.78, 5) is 0. The van der Waals surface area contributed by atoms with E-state index >= 15 is 0 Å². The van der Waals surface area contributed by atoms with E-state index in [-0.39, 0.29) is 0 Å². The fourth-order valence-electron chi connectivity index (χ4n) is 4.10. The van der Waals surface area contributed by atoms with Crippen molar-refractivity contribution in [3.05, 3.63) is 23.8 Å². The molecule has 4 nitrogen and oxygen atoms in total. The van der Waals surface area contributed by atoms with Gasteiger partial charge in [-0.2, -0.15) is 0 Å². The lowest BCUT2D eigenvalue weighted by Gasteiger charge is -2.17. The molecule has 0 radical (unpaired) electrons. The Kier molecular flexibility index (Phi) is 23.1. The average molecular weight is 534 g/mol. The van der Waals surface area contributed by atoms with Gasteiger partial charge in [-0.3, -0.25) is 0 Å². The third-order valence-corrected chi connectivity index (χ3v) is 6.32. The Hall–Kier alpha value is -0.680. The first-order chi connectivity index (χ1) is 17.3. The Balaban J connectivity index is 2.32. The van der Waals surface area contributed by atoms with Crippen LogP contribution in [0.15, 0.2) is 18.2 Å². The standard InChI is InChI=1S/C29H50Cl2O4/c1-2-3-4-5-6-7-8-9-10-11-12-13-14-16-27-17-15-18-28(34-25-23-32-21-19-30)29(27)35-26-24-33-22-20-31/h15,17-18H,2-14,16,19-26H2,1H3. The van der Waals surface area contributed by atoms with E-state index in [0.717, 1.165) is 17.9 Å². The molecule has 6 heteroatoms. The minimum atomic E-state index is 0.470. The van der Waals surface area contributed by atoms with E-state index in [1.165, 1.54) is 89.0 Å². The molecular formula is C29H50Cl2O4. The number of hydrogen-bond acceptors (Lipinski definition) is 4. The van der Waals surface area contributed by atoms with Gasteiger partial charge in [0.15, 0.2) is 11.5 Å². The minimum Gasteiger partial charge on any atom is -0.487 e. The smallest absolute Gasteiger partial charge is 0.164 e. The quantitative estimate of drug-likeness (QED) is 0.0883. The monoisotopic (exact) mass is 532 g/mol. The molecule has 0 aromatic heterocycles. The molecular weight excluding hydrogens is 483 g/mol. The van der Waals surface area contributed by atoms with Crippen LogP contribution in [0.5, 0.6) is 11.5 Å². The molecule has 0 fully saturated rings. The Morgan fingerprint density at radius 1 is 0.571 bits per heavy atom. The molecule has 0 N–H and O–H groups in total. The van der Waals surface area contributed by atoms with Gasteiger partial charge in [0.1, 0.15) is 13.2 Å². The highest BCUT2D eigenvalue weighted by atomic mass is 35.5. The number of hydrogen-bond donors (Lipinski definition) is 0. The second-order valence-corrected chi connectivity index (χ2v) is 9.79. The molecule has 0 saturated carbocycles. The van der Waals surface area contributed by atoms with Gasteiger partial charge in [-0.1, -0.05) is 96.1 Å². The number of ether oxygens (including phenoxy) is 4. The molecule has 1 aromatic rings. The number of aryl methyl sites for hydroxylation is 1. The molecule has 0 aliphatic carbocycles. The highest BCUT2D eigenvalue weighted by molar-refractivity contribution is 6.18. The second-order valence-electron chi connectivity index (χ2n) is 9.04. The van der Waals surface area contributed by atoms with Crippen LogP contribution in [0.4, 0.5) is 0 Å². The maximum Gasteiger partial charge on any atom is 0.164 e. The van der Waals surface area contributed by atoms with Gasteiger partial charge in [-0.15, -0.1) is 23.2 Å². The van der Waals surface area contributed by atoms with Crippen LogP contribution in [-0.2, 0) is 15.9 Å². The van der Waals surface area contributed by atoms with Gasteiger partial charge < -0.3 is 18.9 Å². The SMILES string of the molecule is CCCCCCCCCCCCCCCc1cccc(OCCOCCCl)c1OCCOCCCl. The molecule has 35 heavy (non-hydrogen) atoms. The molecule has 1 aromatic carbocycles. The van der Waals surface area contributed by atoms with Crippen LogP contribution in [-0.4, -0.2) is 51.4 Å². The lowest BCUT2D eigenvalue weighted by molar-refractivity contribution is 0.101. The number of alkyl halides is 2. The topological polar surface area (TPSA) is 36.9 Å². The summed E-state index contributed by atoms with van der Waals surface area (Å²) >= 11 is 11.3. The number of rotatable bonds is 26. The second kappa shape index (κ2) is 25.0. The normalized spacial score (nSPS) is 11.2. The van der Waals surface area contributed by atoms with Gasteiger partial charge in [0, 0.05) is 11.8 Å². The minimum absolute atomic E-state index is 0.470. The van der Waals surface area contributed by atoms with Crippen molar-refractivity contribution < 1.29 is 18.9 Å². The zero-order chi connectivity index (χ0) is 25.2. The zero-order valence-electron chi connectivity index (χ0n) is 22.2. The van der Waals surface area contributed by atoms with E-state index in [2.05, 4.69) is 13.0 Å². The number of unbranched alkanes of at least 4 members (excludes halogenated alkanes) is 12. The van der Waals surface area contributed by atoms with Crippen molar-refractivity contribution in [3.8, 4) is 11.5 Å². The van der Waals surface area contributed by atoms with E-state index < -0.39 is 0 Å². The van der Waals surface area contributed by atoms with E-state index in [1.807, 2.05) is 12.1 Å². The predicted octanol–water partition coefficient (Wildman–Crippen LogP) is 8.59. The van der Waals surface area contributed by atoms with Crippen molar-refractivity contribution in [2.24, 2.45) is 0 Å². The first-order valence-electron chi connectivity index (χ1n) is 14.0. The first kappa shape index (κ1) is 32.3. The molecule has 0 bridgehead atoms. The molecule has 0 saturated heterocycles. The molecule has 0 unspecified atom stereocenters. The van der Waals surface area contributed by atoms with Gasteiger partial charge in [-0.05, 0) is 24.5 Å². The summed E-state index contributed by atoms with van der Waals surface area (Å²) in [6, 6.07) is 6.15. The van der Waals surface area contributed by atoms with E-state index in [1.54, 1.807) is 0 Å². The lowest BCUT2D eigenvalue weighted by Crippen LogP contribution is -2.12. The summed E-state index contributed by atoms with van der Waals surface area (Å²) in [5, 5.41) is 0. The molecule has 204 valence electrons. The predicted molar refractivity (Wildman–Crippen MR) is 150 cm³/mol. The molecule has 0 aliphatic rings. The van der Waals surface area contributed by atoms with E-state index in [9.17, 15) is 0 Å². The zero-order valence-corrected chi connectivity index (χ0v) is 23.7. The van der Waals surface area contributed by atoms with Crippen LogP contribution < -0.4 is 9.47 Å². The van der Waals surface area contributed by atoms with Crippen molar-refractivity contribution in [2.45, 2.75) is 96.8 Å². The first-order valence-corrected chi connectivity index (χ1v) is 15.0. The average Bonchev–Trinajstić information content (AvgIpc) is 2.87. The Morgan fingerprint density at radius 2 is 1.09 bits per heavy atom. The van der Waals surface area contributed by atoms with Crippen LogP contribution in [0, 0.1) is 0 Å². The highest BCUT2D eigenvalue weighted by Gasteiger charge is 2.12. The Bertz CT molecular complexity index is 586. The van der Waals surface area contributed by atoms with Crippen LogP contribution in [0.1, 0.15) is 96.0 Å². The van der Waals surface area contributed by atoms with Crippen LogP contribution >= 0.6 is 23.2 Å². The van der Waals surface area contributed by atoms with E-state index in [4.69, 9.17) is 42.1 Å². The summed E-state index contributed by atoms with van der Waals surface area (Å²) in [5.74, 6) is 2.58. The number of para-hydroxylation sites is 1. The fraction of sp³-hybridized carbons (Fsp3) is 0.793. The maximum atomic E-state index is 6.10. The van der Waals surface area contributed by atoms with Gasteiger partial charge in [0.2, 0.25) is 0 Å². The van der Waals surface area contributed by atoms with Crippen molar-refractivity contribution in [1.82, 2.24) is 0 Å². The third kappa shape index (κ3) is 18.2. The molecule has 0 spiro atoms. The van der Waals surface area contributed by atoms with E-state index in [0.29, 0.717) is 51.4 Å². The third-order valence-electron chi connectivity index (χ3n) is 6.01. The molecule has 0 aliphatic heterocycles. The van der Waals surface area contributed by atoms with Gasteiger partial charge >= 0.3 is 0 Å². The summed E-state index contributed by atoms with van der Waals surface area (Å²) in [6.45, 7) is 5.32. The summed E-state index contributed by atoms with van der Waals surface area (Å²) < 4.78 is 23.0. The number of halogens is 2. The van der Waals surface area contributed by atoms with Crippen LogP contribution in [0.2, 0.25) is 0 Å². The van der Waals surface area contributed by atoms with Crippen molar-refractivity contribution in [3.63, 3.8) is 0 Å². The van der Waals surface area contributed by atoms with Crippen LogP contribution in [0.25, 0.3) is 0 Å². The Labute approximate surface area is 225 Å². The fourth-order valence-corrected chi connectivity index (χ4v) is 4.31. The number of benzene rings is 1. The molecule has 0 amide bonds. The molecule has 1 rings (SSSR count). The summed E-state index contributed by atoms with van der Waals surface area (Å²) in [7, 11) is 0. The van der Waals surface area contributed by atoms with Gasteiger partial charge in [-0.25, -0.2) is 0 Å². The van der Waals surface area contributed by atoms with Crippen molar-refractivity contribution in [1.29, 1.82) is 0 Å². The summed E-state index contributed by atoms with van der Waals surface area (Å²) in [6.07, 6.45) is 18.7. The molecule has 0 atom stereocenters. The van der Waals surface area contributed by atoms with Crippen LogP contribution in [0.3, 0.4) is 0 Å². The highest BCUT2D eigenvalue weighted by Crippen LogP contribution is 2.32.